The number of carbonyl (C=O) groups excluding carboxylic acids is 2. The Labute approximate surface area is 147 Å². The predicted molar refractivity (Wildman–Crippen MR) is 97.9 cm³/mol. The van der Waals surface area contributed by atoms with Crippen molar-refractivity contribution in [2.24, 2.45) is 0 Å². The van der Waals surface area contributed by atoms with E-state index in [-0.39, 0.29) is 5.91 Å². The maximum atomic E-state index is 12.6. The summed E-state index contributed by atoms with van der Waals surface area (Å²) in [5.74, 6) is -0.165. The van der Waals surface area contributed by atoms with E-state index in [4.69, 9.17) is 0 Å². The molecule has 6 heteroatoms. The Bertz CT molecular complexity index is 755. The third kappa shape index (κ3) is 3.96. The number of para-hydroxylation sites is 1. The average Bonchev–Trinajstić information content (AvgIpc) is 2.68. The van der Waals surface area contributed by atoms with Gasteiger partial charge in [0.25, 0.3) is 5.91 Å². The smallest absolute Gasteiger partial charge is 0.257 e. The number of hydrogen-bond acceptors (Lipinski definition) is 4. The van der Waals surface area contributed by atoms with Gasteiger partial charge in [-0.2, -0.15) is 0 Å². The van der Waals surface area contributed by atoms with Crippen LogP contribution in [0.3, 0.4) is 0 Å². The number of nitrogens with zero attached hydrogens (tertiary/aromatic N) is 3. The normalized spacial score (nSPS) is 14.3. The molecule has 3 rings (SSSR count). The lowest BCUT2D eigenvalue weighted by molar-refractivity contribution is -0.118. The summed E-state index contributed by atoms with van der Waals surface area (Å²) >= 11 is 0. The molecular weight excluding hydrogens is 316 g/mol. The third-order valence-electron chi connectivity index (χ3n) is 4.46. The highest BCUT2D eigenvalue weighted by Gasteiger charge is 2.17. The summed E-state index contributed by atoms with van der Waals surface area (Å²) in [4.78, 5) is 31.5. The van der Waals surface area contributed by atoms with Gasteiger partial charge in [0.05, 0.1) is 17.4 Å². The number of amides is 2. The zero-order chi connectivity index (χ0) is 17.6. The van der Waals surface area contributed by atoms with Gasteiger partial charge in [0.1, 0.15) is 0 Å². The van der Waals surface area contributed by atoms with Crippen molar-refractivity contribution in [3.63, 3.8) is 0 Å². The first-order valence-electron chi connectivity index (χ1n) is 8.50. The van der Waals surface area contributed by atoms with Gasteiger partial charge < -0.3 is 15.1 Å². The van der Waals surface area contributed by atoms with Crippen molar-refractivity contribution in [3.05, 3.63) is 53.9 Å². The molecule has 130 valence electrons. The number of aryl methyl sites for hydroxylation is 1. The summed E-state index contributed by atoms with van der Waals surface area (Å²) < 4.78 is 0. The molecule has 0 unspecified atom stereocenters. The fourth-order valence-electron chi connectivity index (χ4n) is 2.96. The largest absolute Gasteiger partial charge is 0.367 e. The number of hydrogen-bond donors (Lipinski definition) is 1. The third-order valence-corrected chi connectivity index (χ3v) is 4.46. The first kappa shape index (κ1) is 17.0. The van der Waals surface area contributed by atoms with E-state index in [2.05, 4.69) is 22.1 Å². The monoisotopic (exact) mass is 338 g/mol. The number of carbonyl (C=O) groups is 2. The molecule has 0 radical (unpaired) electrons. The number of nitrogens with one attached hydrogen (secondary N) is 1. The molecule has 1 saturated heterocycles. The van der Waals surface area contributed by atoms with E-state index in [0.29, 0.717) is 18.7 Å². The van der Waals surface area contributed by atoms with Crippen LogP contribution >= 0.6 is 0 Å². The van der Waals surface area contributed by atoms with E-state index in [9.17, 15) is 9.59 Å². The number of rotatable bonds is 5. The van der Waals surface area contributed by atoms with Crippen LogP contribution in [0.5, 0.6) is 0 Å². The van der Waals surface area contributed by atoms with Crippen molar-refractivity contribution in [3.8, 4) is 0 Å². The SMILES string of the molecule is CCc1ccccc1NC(=O)c1cncc(N2CCN(C=O)CC2)c1. The molecule has 0 aliphatic carbocycles. The lowest BCUT2D eigenvalue weighted by Crippen LogP contribution is -2.45. The lowest BCUT2D eigenvalue weighted by Gasteiger charge is -2.34. The topological polar surface area (TPSA) is 65.5 Å². The summed E-state index contributed by atoms with van der Waals surface area (Å²) in [5.41, 5.74) is 3.37. The standard InChI is InChI=1S/C19H22N4O2/c1-2-15-5-3-4-6-18(15)21-19(25)16-11-17(13-20-12-16)23-9-7-22(14-24)8-10-23/h3-6,11-14H,2,7-10H2,1H3,(H,21,25). The molecule has 1 aliphatic heterocycles. The maximum Gasteiger partial charge on any atom is 0.257 e. The van der Waals surface area contributed by atoms with Crippen LogP contribution in [0.15, 0.2) is 42.7 Å². The molecule has 2 amide bonds. The molecule has 1 N–H and O–H groups in total. The molecule has 0 spiro atoms. The fourth-order valence-corrected chi connectivity index (χ4v) is 2.96. The van der Waals surface area contributed by atoms with Crippen LogP contribution in [0.2, 0.25) is 0 Å². The van der Waals surface area contributed by atoms with E-state index in [0.717, 1.165) is 42.9 Å². The van der Waals surface area contributed by atoms with Gasteiger partial charge in [-0.05, 0) is 24.1 Å². The van der Waals surface area contributed by atoms with Gasteiger partial charge in [-0.1, -0.05) is 25.1 Å². The van der Waals surface area contributed by atoms with Crippen molar-refractivity contribution >= 4 is 23.7 Å². The Kier molecular flexibility index (Phi) is 5.28. The molecule has 0 saturated carbocycles. The van der Waals surface area contributed by atoms with Gasteiger partial charge in [-0.25, -0.2) is 0 Å². The van der Waals surface area contributed by atoms with E-state index < -0.39 is 0 Å². The molecule has 2 aromatic rings. The highest BCUT2D eigenvalue weighted by atomic mass is 16.1. The van der Waals surface area contributed by atoms with Crippen molar-refractivity contribution in [2.45, 2.75) is 13.3 Å². The van der Waals surface area contributed by atoms with Gasteiger partial charge in [0.15, 0.2) is 0 Å². The average molecular weight is 338 g/mol. The Hall–Kier alpha value is -2.89. The van der Waals surface area contributed by atoms with E-state index in [1.165, 1.54) is 0 Å². The van der Waals surface area contributed by atoms with Crippen LogP contribution in [0.4, 0.5) is 11.4 Å². The number of anilines is 2. The first-order valence-corrected chi connectivity index (χ1v) is 8.50. The van der Waals surface area contributed by atoms with Crippen LogP contribution in [0, 0.1) is 0 Å². The summed E-state index contributed by atoms with van der Waals surface area (Å²) in [7, 11) is 0. The van der Waals surface area contributed by atoms with Crippen LogP contribution in [-0.4, -0.2) is 48.4 Å². The van der Waals surface area contributed by atoms with Crippen LogP contribution in [0.25, 0.3) is 0 Å². The van der Waals surface area contributed by atoms with Gasteiger partial charge in [0.2, 0.25) is 6.41 Å². The molecule has 1 aliphatic rings. The first-order chi connectivity index (χ1) is 12.2. The zero-order valence-electron chi connectivity index (χ0n) is 14.3. The fraction of sp³-hybridized carbons (Fsp3) is 0.316. The zero-order valence-corrected chi connectivity index (χ0v) is 14.3. The Balaban J connectivity index is 1.73. The second-order valence-electron chi connectivity index (χ2n) is 6.03. The van der Waals surface area contributed by atoms with Crippen molar-refractivity contribution < 1.29 is 9.59 Å². The van der Waals surface area contributed by atoms with E-state index in [1.807, 2.05) is 30.3 Å². The summed E-state index contributed by atoms with van der Waals surface area (Å²) in [6.45, 7) is 4.91. The molecule has 1 aromatic heterocycles. The number of piperazine rings is 1. The van der Waals surface area contributed by atoms with Gasteiger partial charge in [0, 0.05) is 38.1 Å². The van der Waals surface area contributed by atoms with Gasteiger partial charge in [-0.3, -0.25) is 14.6 Å². The van der Waals surface area contributed by atoms with Crippen molar-refractivity contribution in [2.75, 3.05) is 36.4 Å². The minimum absolute atomic E-state index is 0.165. The second kappa shape index (κ2) is 7.79. The van der Waals surface area contributed by atoms with Gasteiger partial charge >= 0.3 is 0 Å². The van der Waals surface area contributed by atoms with Crippen molar-refractivity contribution in [1.29, 1.82) is 0 Å². The van der Waals surface area contributed by atoms with Crippen LogP contribution < -0.4 is 10.2 Å². The van der Waals surface area contributed by atoms with Gasteiger partial charge in [-0.15, -0.1) is 0 Å². The lowest BCUT2D eigenvalue weighted by atomic mass is 10.1. The summed E-state index contributed by atoms with van der Waals surface area (Å²) in [6.07, 6.45) is 5.07. The second-order valence-corrected chi connectivity index (χ2v) is 6.03. The van der Waals surface area contributed by atoms with Crippen LogP contribution in [-0.2, 0) is 11.2 Å². The summed E-state index contributed by atoms with van der Waals surface area (Å²) in [5, 5.41) is 2.97. The molecule has 1 fully saturated rings. The molecule has 2 heterocycles. The predicted octanol–water partition coefficient (Wildman–Crippen LogP) is 2.17. The highest BCUT2D eigenvalue weighted by molar-refractivity contribution is 6.05. The van der Waals surface area contributed by atoms with Crippen molar-refractivity contribution in [1.82, 2.24) is 9.88 Å². The molecule has 0 atom stereocenters. The molecular formula is C19H22N4O2. The number of benzene rings is 1. The van der Waals surface area contributed by atoms with E-state index >= 15 is 0 Å². The number of aromatic nitrogens is 1. The van der Waals surface area contributed by atoms with Crippen LogP contribution in [0.1, 0.15) is 22.8 Å². The maximum absolute atomic E-state index is 12.6. The molecule has 25 heavy (non-hydrogen) atoms. The highest BCUT2D eigenvalue weighted by Crippen LogP contribution is 2.19. The Morgan fingerprint density at radius 1 is 1.20 bits per heavy atom. The minimum Gasteiger partial charge on any atom is -0.367 e. The van der Waals surface area contributed by atoms with E-state index in [1.54, 1.807) is 17.3 Å². The summed E-state index contributed by atoms with van der Waals surface area (Å²) in [6, 6.07) is 9.66. The number of pyridine rings is 1. The minimum atomic E-state index is -0.165. The molecule has 6 nitrogen and oxygen atoms in total. The Morgan fingerprint density at radius 3 is 2.68 bits per heavy atom. The molecule has 0 bridgehead atoms. The quantitative estimate of drug-likeness (QED) is 0.849. The Morgan fingerprint density at radius 2 is 1.96 bits per heavy atom. The molecule has 1 aromatic carbocycles.